The second-order valence-corrected chi connectivity index (χ2v) is 10.2. The molecule has 39 heavy (non-hydrogen) atoms. The maximum Gasteiger partial charge on any atom is 0.319 e. The van der Waals surface area contributed by atoms with Gasteiger partial charge in [0.25, 0.3) is 0 Å². The summed E-state index contributed by atoms with van der Waals surface area (Å²) in [6.45, 7) is 0. The normalized spacial score (nSPS) is 14.2. The molecule has 202 valence electrons. The predicted molar refractivity (Wildman–Crippen MR) is 153 cm³/mol. The highest BCUT2D eigenvalue weighted by Crippen LogP contribution is 2.38. The maximum absolute atomic E-state index is 12.8. The van der Waals surface area contributed by atoms with Crippen molar-refractivity contribution in [2.24, 2.45) is 5.73 Å². The molecule has 0 aliphatic heterocycles. The Labute approximate surface area is 233 Å². The number of nitrogens with two attached hydrogens (primary N) is 1. The number of nitrogens with one attached hydrogen (secondary N) is 1. The van der Waals surface area contributed by atoms with Crippen molar-refractivity contribution in [3.8, 4) is 5.75 Å². The SMILES string of the molecule is COc1ccc(Cl)c(Nc2nc3ccccc3nc2N(c2cccc(N(C(N)=O)C3CCCC3)c2)S(=O)[O-])c1. The Hall–Kier alpha value is -3.93. The van der Waals surface area contributed by atoms with E-state index in [9.17, 15) is 13.6 Å². The Morgan fingerprint density at radius 3 is 2.41 bits per heavy atom. The fourth-order valence-corrected chi connectivity index (χ4v) is 5.52. The molecule has 1 fully saturated rings. The van der Waals surface area contributed by atoms with Gasteiger partial charge in [0.2, 0.25) is 0 Å². The van der Waals surface area contributed by atoms with Crippen LogP contribution in [0.1, 0.15) is 25.7 Å². The van der Waals surface area contributed by atoms with Crippen LogP contribution < -0.4 is 25.0 Å². The minimum absolute atomic E-state index is 0.0181. The first kappa shape index (κ1) is 26.7. The zero-order valence-electron chi connectivity index (χ0n) is 21.0. The number of hydrogen-bond acceptors (Lipinski definition) is 7. The van der Waals surface area contributed by atoms with Gasteiger partial charge < -0.3 is 20.3 Å². The summed E-state index contributed by atoms with van der Waals surface area (Å²) in [6, 6.07) is 18.2. The number of ether oxygens (including phenoxy) is 1. The molecule has 1 aliphatic rings. The third-order valence-electron chi connectivity index (χ3n) is 6.59. The number of nitrogens with zero attached hydrogens (tertiary/aromatic N) is 4. The van der Waals surface area contributed by atoms with Gasteiger partial charge in [0.05, 0.1) is 45.8 Å². The molecule has 3 N–H and O–H groups in total. The molecule has 1 atom stereocenters. The van der Waals surface area contributed by atoms with Crippen molar-refractivity contribution >= 4 is 68.6 Å². The summed E-state index contributed by atoms with van der Waals surface area (Å²) in [5.74, 6) is 0.721. The first-order valence-corrected chi connectivity index (χ1v) is 13.7. The molecular weight excluding hydrogens is 540 g/mol. The van der Waals surface area contributed by atoms with Crippen LogP contribution in [0, 0.1) is 0 Å². The van der Waals surface area contributed by atoms with E-state index >= 15 is 0 Å². The van der Waals surface area contributed by atoms with Crippen molar-refractivity contribution in [2.45, 2.75) is 31.7 Å². The van der Waals surface area contributed by atoms with Gasteiger partial charge in [0, 0.05) is 17.8 Å². The molecule has 12 heteroatoms. The lowest BCUT2D eigenvalue weighted by Crippen LogP contribution is -2.42. The van der Waals surface area contributed by atoms with Gasteiger partial charge in [0.1, 0.15) is 5.75 Å². The van der Waals surface area contributed by atoms with Gasteiger partial charge >= 0.3 is 6.03 Å². The van der Waals surface area contributed by atoms with E-state index in [4.69, 9.17) is 22.1 Å². The van der Waals surface area contributed by atoms with Crippen LogP contribution in [0.3, 0.4) is 0 Å². The molecule has 1 aliphatic carbocycles. The Bertz CT molecular complexity index is 1550. The van der Waals surface area contributed by atoms with Crippen molar-refractivity contribution in [1.29, 1.82) is 0 Å². The molecule has 4 aromatic rings. The van der Waals surface area contributed by atoms with E-state index in [1.807, 2.05) is 6.07 Å². The van der Waals surface area contributed by atoms with Crippen LogP contribution in [0.5, 0.6) is 5.75 Å². The number of urea groups is 1. The van der Waals surface area contributed by atoms with Crippen molar-refractivity contribution in [3.05, 3.63) is 71.8 Å². The van der Waals surface area contributed by atoms with Crippen molar-refractivity contribution in [3.63, 3.8) is 0 Å². The molecule has 0 bridgehead atoms. The highest BCUT2D eigenvalue weighted by atomic mass is 35.5. The van der Waals surface area contributed by atoms with Crippen molar-refractivity contribution in [2.75, 3.05) is 21.6 Å². The number of aromatic nitrogens is 2. The molecule has 0 spiro atoms. The number of carbonyl (C=O) groups is 1. The lowest BCUT2D eigenvalue weighted by atomic mass is 10.1. The van der Waals surface area contributed by atoms with Gasteiger partial charge in [-0.25, -0.2) is 14.8 Å². The van der Waals surface area contributed by atoms with Crippen molar-refractivity contribution in [1.82, 2.24) is 9.97 Å². The fraction of sp³-hybridized carbons (Fsp3) is 0.222. The second-order valence-electron chi connectivity index (χ2n) is 9.03. The number of primary amides is 1. The number of methoxy groups -OCH3 is 1. The Morgan fingerprint density at radius 1 is 1.05 bits per heavy atom. The van der Waals surface area contributed by atoms with Crippen LogP contribution in [0.25, 0.3) is 11.0 Å². The first-order valence-electron chi connectivity index (χ1n) is 12.3. The van der Waals surface area contributed by atoms with E-state index in [0.29, 0.717) is 33.2 Å². The molecule has 10 nitrogen and oxygen atoms in total. The summed E-state index contributed by atoms with van der Waals surface area (Å²) in [6.07, 6.45) is 3.66. The molecule has 3 aromatic carbocycles. The monoisotopic (exact) mass is 565 g/mol. The largest absolute Gasteiger partial charge is 0.755 e. The molecule has 1 aromatic heterocycles. The summed E-state index contributed by atoms with van der Waals surface area (Å²) >= 11 is 3.62. The minimum atomic E-state index is -2.81. The number of benzene rings is 3. The Balaban J connectivity index is 1.64. The average molecular weight is 566 g/mol. The second kappa shape index (κ2) is 11.4. The molecule has 2 amide bonds. The van der Waals surface area contributed by atoms with Crippen LogP contribution in [-0.2, 0) is 11.3 Å². The Morgan fingerprint density at radius 2 is 1.74 bits per heavy atom. The number of anilines is 5. The van der Waals surface area contributed by atoms with Crippen LogP contribution in [0.2, 0.25) is 5.02 Å². The number of fused-ring (bicyclic) bond motifs is 1. The van der Waals surface area contributed by atoms with Crippen LogP contribution in [0.4, 0.5) is 33.5 Å². The smallest absolute Gasteiger partial charge is 0.319 e. The molecule has 5 rings (SSSR count). The highest BCUT2D eigenvalue weighted by Gasteiger charge is 2.28. The minimum Gasteiger partial charge on any atom is -0.755 e. The number of para-hydroxylation sites is 2. The van der Waals surface area contributed by atoms with Gasteiger partial charge in [-0.1, -0.05) is 42.6 Å². The molecule has 1 saturated carbocycles. The van der Waals surface area contributed by atoms with Crippen molar-refractivity contribution < 1.29 is 18.3 Å². The third kappa shape index (κ3) is 5.60. The molecule has 0 saturated heterocycles. The first-order chi connectivity index (χ1) is 18.9. The van der Waals surface area contributed by atoms with E-state index in [-0.39, 0.29) is 23.4 Å². The molecule has 1 unspecified atom stereocenters. The summed E-state index contributed by atoms with van der Waals surface area (Å²) in [5.41, 5.74) is 8.01. The number of carbonyl (C=O) groups excluding carboxylic acids is 1. The number of halogens is 1. The van der Waals surface area contributed by atoms with E-state index in [1.54, 1.807) is 60.7 Å². The quantitative estimate of drug-likeness (QED) is 0.258. The number of amides is 2. The van der Waals surface area contributed by atoms with E-state index in [1.165, 1.54) is 12.0 Å². The van der Waals surface area contributed by atoms with E-state index in [0.717, 1.165) is 30.0 Å². The lowest BCUT2D eigenvalue weighted by molar-refractivity contribution is 0.251. The Kier molecular flexibility index (Phi) is 7.82. The summed E-state index contributed by atoms with van der Waals surface area (Å²) < 4.78 is 31.9. The van der Waals surface area contributed by atoms with E-state index in [2.05, 4.69) is 15.3 Å². The van der Waals surface area contributed by atoms with Gasteiger partial charge in [-0.05, 0) is 55.3 Å². The van der Waals surface area contributed by atoms with Gasteiger partial charge in [-0.3, -0.25) is 13.4 Å². The van der Waals surface area contributed by atoms with Gasteiger partial charge in [0.15, 0.2) is 11.6 Å². The number of hydrogen-bond donors (Lipinski definition) is 2. The third-order valence-corrected chi connectivity index (χ3v) is 7.60. The van der Waals surface area contributed by atoms with Gasteiger partial charge in [-0.2, -0.15) is 0 Å². The molecule has 1 heterocycles. The molecular formula is C27H26ClN6O4S-. The zero-order valence-corrected chi connectivity index (χ0v) is 22.6. The number of rotatable bonds is 8. The summed E-state index contributed by atoms with van der Waals surface area (Å²) in [7, 11) is 1.53. The lowest BCUT2D eigenvalue weighted by Gasteiger charge is -2.30. The summed E-state index contributed by atoms with van der Waals surface area (Å²) in [5, 5.41) is 3.51. The maximum atomic E-state index is 12.8. The molecule has 0 radical (unpaired) electrons. The topological polar surface area (TPSA) is 137 Å². The van der Waals surface area contributed by atoms with Crippen LogP contribution in [0.15, 0.2) is 66.7 Å². The zero-order chi connectivity index (χ0) is 27.5. The van der Waals surface area contributed by atoms with Crippen LogP contribution in [-0.4, -0.2) is 37.9 Å². The van der Waals surface area contributed by atoms with Gasteiger partial charge in [-0.15, -0.1) is 0 Å². The fourth-order valence-electron chi connectivity index (χ4n) is 4.80. The summed E-state index contributed by atoms with van der Waals surface area (Å²) in [4.78, 5) is 23.3. The van der Waals surface area contributed by atoms with Crippen LogP contribution >= 0.6 is 11.6 Å². The predicted octanol–water partition coefficient (Wildman–Crippen LogP) is 5.80. The van der Waals surface area contributed by atoms with E-state index < -0.39 is 17.3 Å². The highest BCUT2D eigenvalue weighted by molar-refractivity contribution is 7.81. The standard InChI is InChI=1S/C27H27ClN6O4S/c1-38-20-13-14-21(28)24(16-20)31-25-26(32-23-12-5-4-11-22(23)30-25)34(39(36)37)19-10-6-9-18(15-19)33(27(29)35)17-7-2-3-8-17/h4-6,9-17H,2-3,7-8H2,1H3,(H2,29,35)(H,30,31)(H,36,37)/p-1. The average Bonchev–Trinajstić information content (AvgIpc) is 3.44.